The minimum Gasteiger partial charge on any atom is -0.456 e. The molecule has 10 unspecified atom stereocenters. The van der Waals surface area contributed by atoms with Crippen LogP contribution in [0.2, 0.25) is 18.1 Å². The van der Waals surface area contributed by atoms with Gasteiger partial charge < -0.3 is 44.0 Å². The van der Waals surface area contributed by atoms with Crippen LogP contribution in [0.25, 0.3) is 0 Å². The second kappa shape index (κ2) is 23.3. The number of thioether (sulfide) groups is 1. The number of ketones is 1. The Bertz CT molecular complexity index is 2280. The second-order valence-corrected chi connectivity index (χ2v) is 24.6. The molecular weight excluding hydrogens is 1330 g/mol. The fourth-order valence-electron chi connectivity index (χ4n) is 11.3. The van der Waals surface area contributed by atoms with Crippen LogP contribution in [0.1, 0.15) is 93.6 Å². The normalized spacial score (nSPS) is 30.2. The van der Waals surface area contributed by atoms with Gasteiger partial charge >= 0.3 is 11.9 Å². The van der Waals surface area contributed by atoms with Crippen LogP contribution in [-0.4, -0.2) is 114 Å². The van der Waals surface area contributed by atoms with Crippen LogP contribution >= 0.6 is 11.8 Å². The van der Waals surface area contributed by atoms with E-state index >= 15 is 4.79 Å². The monoisotopic (exact) mass is 1400 g/mol. The Balaban J connectivity index is 0.00000432. The van der Waals surface area contributed by atoms with E-state index in [9.17, 15) is 29.7 Å². The molecule has 1 amide bonds. The van der Waals surface area contributed by atoms with E-state index in [-0.39, 0.29) is 125 Å². The molecular formula is C51H65Ac2NO12SSi. The minimum absolute atomic E-state index is 0. The Morgan fingerprint density at radius 1 is 0.868 bits per heavy atom. The summed E-state index contributed by atoms with van der Waals surface area (Å²) in [6.45, 7) is 12.6. The van der Waals surface area contributed by atoms with Gasteiger partial charge in [0.25, 0.3) is 5.91 Å². The minimum atomic E-state index is -2.52. The Hall–Kier alpha value is -1.31. The number of hydrogen-bond donors (Lipinski definition) is 4. The summed E-state index contributed by atoms with van der Waals surface area (Å²) in [5, 5.41) is 42.5. The number of carbonyl (C=O) groups is 4. The molecule has 2 bridgehead atoms. The van der Waals surface area contributed by atoms with Crippen molar-refractivity contribution < 1.29 is 146 Å². The molecule has 4 N–H and O–H groups in total. The van der Waals surface area contributed by atoms with E-state index in [1.54, 1.807) is 119 Å². The van der Waals surface area contributed by atoms with Crippen LogP contribution in [0, 0.1) is 105 Å². The van der Waals surface area contributed by atoms with Crippen LogP contribution in [0.4, 0.5) is 0 Å². The van der Waals surface area contributed by atoms with Gasteiger partial charge in [-0.05, 0) is 79.2 Å². The van der Waals surface area contributed by atoms with E-state index in [4.69, 9.17) is 23.4 Å². The molecule has 2 radical (unpaired) electrons. The number of carbonyl (C=O) groups excluding carboxylic acids is 4. The summed E-state index contributed by atoms with van der Waals surface area (Å²) < 4.78 is 32.5. The molecule has 68 heavy (non-hydrogen) atoms. The molecule has 3 fully saturated rings. The quantitative estimate of drug-likeness (QED) is 0.0499. The first-order valence-corrected chi connectivity index (χ1v) is 26.9. The van der Waals surface area contributed by atoms with Crippen molar-refractivity contribution in [2.24, 2.45) is 16.7 Å². The summed E-state index contributed by atoms with van der Waals surface area (Å²) in [5.41, 5.74) is -5.81. The summed E-state index contributed by atoms with van der Waals surface area (Å²) in [4.78, 5) is 58.8. The predicted molar refractivity (Wildman–Crippen MR) is 252 cm³/mol. The molecule has 13 nitrogen and oxygen atoms in total. The average molecular weight is 1400 g/mol. The van der Waals surface area contributed by atoms with E-state index in [2.05, 4.69) is 26.1 Å². The van der Waals surface area contributed by atoms with E-state index < -0.39 is 103 Å². The van der Waals surface area contributed by atoms with Crippen LogP contribution in [-0.2, 0) is 33.0 Å². The third-order valence-corrected chi connectivity index (χ3v) is 20.6. The number of fused-ring (bicyclic) bond motifs is 5. The maximum Gasteiger partial charge on any atom is 0.338 e. The van der Waals surface area contributed by atoms with Gasteiger partial charge in [-0.3, -0.25) is 9.59 Å². The number of benzene rings is 3. The van der Waals surface area contributed by atoms with Crippen LogP contribution < -0.4 is 5.32 Å². The Morgan fingerprint density at radius 2 is 1.43 bits per heavy atom. The molecule has 0 aromatic heterocycles. The van der Waals surface area contributed by atoms with Gasteiger partial charge in [-0.2, -0.15) is 0 Å². The number of ether oxygens (including phenoxy) is 4. The van der Waals surface area contributed by atoms with Gasteiger partial charge in [0.15, 0.2) is 20.2 Å². The Morgan fingerprint density at radius 3 is 1.96 bits per heavy atom. The standard InChI is InChI=1S/C51H65NO12SSi.2Ac/c1-9-66(10-2,11-3)64-36-27-37-50(58,29-60-37)42-44(63-46(56)34-25-19-14-20-26-34)51(59)28-35(31(4)38(48(51,5)6)40(53)43(54)49(36,42)7)62-47(57)41(61-30-65-8)39(32-21-15-12-16-22-32)52-45(55)33-23-17-13-18-24-33;;/h12-26,35-37,39-42,44,53,58-59H,9-11,27-30H2,1-8H3,(H,52,55);;/t35?,36?,37?,39?,40?,41?,42?,44?,49-,50?,51?;;/m1../s1. The van der Waals surface area contributed by atoms with Crippen molar-refractivity contribution >= 4 is 43.7 Å². The zero-order valence-electron chi connectivity index (χ0n) is 40.3. The van der Waals surface area contributed by atoms with Crippen molar-refractivity contribution in [2.45, 2.75) is 133 Å². The average Bonchev–Trinajstić information content (AvgIpc) is 3.32. The summed E-state index contributed by atoms with van der Waals surface area (Å²) >= 11 is 1.31. The summed E-state index contributed by atoms with van der Waals surface area (Å²) in [6, 6.07) is 26.9. The number of aliphatic hydroxyl groups is 3. The number of esters is 2. The molecule has 1 heterocycles. The number of nitrogens with one attached hydrogen (secondary N) is 1. The zero-order valence-corrected chi connectivity index (χ0v) is 51.6. The molecule has 4 aliphatic rings. The first-order chi connectivity index (χ1) is 31.4. The molecule has 3 aromatic carbocycles. The van der Waals surface area contributed by atoms with Crippen LogP contribution in [0.3, 0.4) is 0 Å². The zero-order chi connectivity index (χ0) is 47.8. The summed E-state index contributed by atoms with van der Waals surface area (Å²) in [7, 11) is -2.52. The van der Waals surface area contributed by atoms with Crippen molar-refractivity contribution in [1.29, 1.82) is 0 Å². The topological polar surface area (TPSA) is 187 Å². The fourth-order valence-corrected chi connectivity index (χ4v) is 14.5. The van der Waals surface area contributed by atoms with Gasteiger partial charge in [-0.1, -0.05) is 101 Å². The number of aliphatic hydroxyl groups excluding tert-OH is 1. The summed E-state index contributed by atoms with van der Waals surface area (Å²) in [5.74, 6) is -4.16. The number of rotatable bonds is 16. The largest absolute Gasteiger partial charge is 0.456 e. The number of hydrogen-bond acceptors (Lipinski definition) is 13. The second-order valence-electron chi connectivity index (χ2n) is 19.1. The van der Waals surface area contributed by atoms with E-state index in [1.807, 2.05) is 6.07 Å². The maximum absolute atomic E-state index is 15.7. The molecule has 2 saturated carbocycles. The SMILES string of the molecule is CC[Si](CC)(CC)OC1CC2OCC2(O)C2C(OC(=O)c3ccccc3)C3(O)CC(OC(=O)C(OCSC)C(NC(=O)c4ccccc4)c4ccccc4)C(C)=C(C(O)C(=O)[C@]12C)C3(C)C.[Ac].[Ac]. The molecule has 1 aliphatic heterocycles. The first-order valence-electron chi connectivity index (χ1n) is 23.0. The van der Waals surface area contributed by atoms with Gasteiger partial charge in [-0.15, -0.1) is 11.8 Å². The molecule has 11 atom stereocenters. The molecule has 7 rings (SSSR count). The van der Waals surface area contributed by atoms with Crippen molar-refractivity contribution in [3.05, 3.63) is 119 Å². The van der Waals surface area contributed by atoms with Gasteiger partial charge in [0, 0.05) is 118 Å². The number of Topliss-reactive ketones (excluding diaryl/α,β-unsaturated/α-hetero) is 1. The maximum atomic E-state index is 15.7. The van der Waals surface area contributed by atoms with Gasteiger partial charge in [0.05, 0.1) is 41.8 Å². The fraction of sp³-hybridized carbons (Fsp3) is 0.529. The Kier molecular flexibility index (Phi) is 19.7. The van der Waals surface area contributed by atoms with Gasteiger partial charge in [0.1, 0.15) is 29.5 Å². The van der Waals surface area contributed by atoms with Crippen LogP contribution in [0.5, 0.6) is 0 Å². The van der Waals surface area contributed by atoms with Crippen molar-refractivity contribution in [3.8, 4) is 0 Å². The third-order valence-electron chi connectivity index (χ3n) is 15.6. The first kappa shape index (κ1) is 57.6. The molecule has 3 aromatic rings. The van der Waals surface area contributed by atoms with Crippen molar-refractivity contribution in [1.82, 2.24) is 5.32 Å². The summed E-state index contributed by atoms with van der Waals surface area (Å²) in [6.07, 6.45) is -6.46. The smallest absolute Gasteiger partial charge is 0.338 e. The predicted octanol–water partition coefficient (Wildman–Crippen LogP) is 6.97. The molecule has 3 aliphatic carbocycles. The van der Waals surface area contributed by atoms with Gasteiger partial charge in [-0.25, -0.2) is 9.59 Å². The Labute approximate surface area is 477 Å². The van der Waals surface area contributed by atoms with Crippen molar-refractivity contribution in [3.63, 3.8) is 0 Å². The van der Waals surface area contributed by atoms with E-state index in [0.717, 1.165) is 18.1 Å². The van der Waals surface area contributed by atoms with E-state index in [1.165, 1.54) is 11.8 Å². The van der Waals surface area contributed by atoms with E-state index in [0.29, 0.717) is 16.7 Å². The van der Waals surface area contributed by atoms with Crippen LogP contribution in [0.15, 0.2) is 102 Å². The molecule has 362 valence electrons. The molecule has 0 spiro atoms. The number of amides is 1. The van der Waals surface area contributed by atoms with Crippen molar-refractivity contribution in [2.75, 3.05) is 18.8 Å². The third kappa shape index (κ3) is 10.4. The van der Waals surface area contributed by atoms with Gasteiger partial charge in [0.2, 0.25) is 0 Å². The molecule has 1 saturated heterocycles. The molecule has 17 heteroatoms.